The van der Waals surface area contributed by atoms with Crippen molar-refractivity contribution in [1.82, 2.24) is 10.6 Å². The van der Waals surface area contributed by atoms with Crippen LogP contribution < -0.4 is 20.1 Å². The van der Waals surface area contributed by atoms with Gasteiger partial charge < -0.3 is 25.2 Å². The van der Waals surface area contributed by atoms with Gasteiger partial charge in [-0.1, -0.05) is 13.0 Å². The molecule has 128 valence electrons. The minimum absolute atomic E-state index is 0.284. The van der Waals surface area contributed by atoms with Crippen LogP contribution in [-0.2, 0) is 0 Å². The maximum atomic E-state index is 10.4. The maximum absolute atomic E-state index is 10.4. The molecule has 0 saturated heterocycles. The fourth-order valence-electron chi connectivity index (χ4n) is 2.36. The number of aliphatic imine (C=N–C) groups is 1. The Morgan fingerprint density at radius 2 is 2.04 bits per heavy atom. The van der Waals surface area contributed by atoms with E-state index in [1.807, 2.05) is 13.0 Å². The molecule has 1 aliphatic carbocycles. The molecule has 1 aromatic carbocycles. The van der Waals surface area contributed by atoms with Gasteiger partial charge in [-0.3, -0.25) is 4.99 Å². The molecule has 6 heteroatoms. The molecule has 0 heterocycles. The second-order valence-corrected chi connectivity index (χ2v) is 5.81. The number of guanidine groups is 1. The maximum Gasteiger partial charge on any atom is 0.191 e. The Kier molecular flexibility index (Phi) is 6.10. The average molecular weight is 321 g/mol. The zero-order valence-corrected chi connectivity index (χ0v) is 14.3. The van der Waals surface area contributed by atoms with Crippen molar-refractivity contribution >= 4 is 5.96 Å². The fraction of sp³-hybridized carbons (Fsp3) is 0.588. The molecule has 0 amide bonds. The Bertz CT molecular complexity index is 548. The first-order chi connectivity index (χ1) is 11.1. The summed E-state index contributed by atoms with van der Waals surface area (Å²) in [6.07, 6.45) is 0.477. The number of ether oxygens (including phenoxy) is 2. The lowest BCUT2D eigenvalue weighted by molar-refractivity contribution is 0.186. The molecule has 1 aliphatic rings. The van der Waals surface area contributed by atoms with Crippen molar-refractivity contribution in [2.24, 2.45) is 10.9 Å². The molecular formula is C17H27N3O3. The quantitative estimate of drug-likeness (QED) is 0.526. The molecule has 23 heavy (non-hydrogen) atoms. The molecule has 0 bridgehead atoms. The highest BCUT2D eigenvalue weighted by Crippen LogP contribution is 2.30. The van der Waals surface area contributed by atoms with Crippen LogP contribution in [0.25, 0.3) is 0 Å². The summed E-state index contributed by atoms with van der Waals surface area (Å²) in [5.74, 6) is 2.69. The first-order valence-corrected chi connectivity index (χ1v) is 8.03. The van der Waals surface area contributed by atoms with Gasteiger partial charge in [0.05, 0.1) is 26.9 Å². The SMILES string of the molecule is CCNC(=NCC(O)c1ccc(OC)c(OC)c1)NC1CC1C. The molecule has 3 atom stereocenters. The van der Waals surface area contributed by atoms with E-state index in [1.165, 1.54) is 6.42 Å². The second kappa shape index (κ2) is 8.06. The summed E-state index contributed by atoms with van der Waals surface area (Å²) in [5.41, 5.74) is 0.752. The Morgan fingerprint density at radius 1 is 1.35 bits per heavy atom. The van der Waals surface area contributed by atoms with Gasteiger partial charge in [0, 0.05) is 12.6 Å². The van der Waals surface area contributed by atoms with E-state index in [0.29, 0.717) is 23.5 Å². The van der Waals surface area contributed by atoms with Gasteiger partial charge in [-0.25, -0.2) is 0 Å². The number of nitrogens with one attached hydrogen (secondary N) is 2. The molecule has 1 saturated carbocycles. The molecule has 1 aromatic rings. The van der Waals surface area contributed by atoms with E-state index in [-0.39, 0.29) is 6.54 Å². The van der Waals surface area contributed by atoms with Crippen LogP contribution in [-0.4, -0.2) is 44.4 Å². The summed E-state index contributed by atoms with van der Waals surface area (Å²) in [4.78, 5) is 4.47. The van der Waals surface area contributed by atoms with Crippen LogP contribution in [0.2, 0.25) is 0 Å². The summed E-state index contributed by atoms with van der Waals surface area (Å²) < 4.78 is 10.5. The number of rotatable bonds is 7. The van der Waals surface area contributed by atoms with Crippen LogP contribution in [0.3, 0.4) is 0 Å². The van der Waals surface area contributed by atoms with E-state index in [0.717, 1.165) is 18.1 Å². The Labute approximate surface area is 137 Å². The summed E-state index contributed by atoms with van der Waals surface area (Å²) in [6, 6.07) is 5.88. The lowest BCUT2D eigenvalue weighted by Gasteiger charge is -2.14. The van der Waals surface area contributed by atoms with Gasteiger partial charge in [-0.2, -0.15) is 0 Å². The molecule has 3 unspecified atom stereocenters. The Morgan fingerprint density at radius 3 is 2.61 bits per heavy atom. The lowest BCUT2D eigenvalue weighted by atomic mass is 10.1. The van der Waals surface area contributed by atoms with Gasteiger partial charge in [0.15, 0.2) is 17.5 Å². The number of benzene rings is 1. The number of aliphatic hydroxyl groups excluding tert-OH is 1. The molecule has 0 aromatic heterocycles. The van der Waals surface area contributed by atoms with Crippen molar-refractivity contribution in [1.29, 1.82) is 0 Å². The van der Waals surface area contributed by atoms with Crippen LogP contribution in [0, 0.1) is 5.92 Å². The van der Waals surface area contributed by atoms with Gasteiger partial charge in [0.2, 0.25) is 0 Å². The lowest BCUT2D eigenvalue weighted by Crippen LogP contribution is -2.39. The van der Waals surface area contributed by atoms with Crippen molar-refractivity contribution in [3.8, 4) is 11.5 Å². The number of nitrogens with zero attached hydrogens (tertiary/aromatic N) is 1. The van der Waals surface area contributed by atoms with Crippen LogP contribution in [0.1, 0.15) is 31.9 Å². The third-order valence-corrected chi connectivity index (χ3v) is 3.99. The van der Waals surface area contributed by atoms with Crippen molar-refractivity contribution in [3.63, 3.8) is 0 Å². The number of hydrogen-bond acceptors (Lipinski definition) is 4. The molecule has 0 aliphatic heterocycles. The van der Waals surface area contributed by atoms with E-state index in [4.69, 9.17) is 9.47 Å². The smallest absolute Gasteiger partial charge is 0.191 e. The van der Waals surface area contributed by atoms with Crippen molar-refractivity contribution < 1.29 is 14.6 Å². The molecule has 1 fully saturated rings. The van der Waals surface area contributed by atoms with E-state index in [1.54, 1.807) is 26.4 Å². The fourth-order valence-corrected chi connectivity index (χ4v) is 2.36. The first-order valence-electron chi connectivity index (χ1n) is 8.03. The zero-order valence-electron chi connectivity index (χ0n) is 14.3. The Hall–Kier alpha value is -1.95. The summed E-state index contributed by atoms with van der Waals surface area (Å²) in [6.45, 7) is 5.31. The van der Waals surface area contributed by atoms with Crippen LogP contribution in [0.15, 0.2) is 23.2 Å². The Balaban J connectivity index is 2.01. The minimum atomic E-state index is -0.693. The monoisotopic (exact) mass is 321 g/mol. The molecule has 0 spiro atoms. The summed E-state index contributed by atoms with van der Waals surface area (Å²) in [5, 5.41) is 16.9. The van der Waals surface area contributed by atoms with Gasteiger partial charge in [-0.05, 0) is 37.0 Å². The molecule has 3 N–H and O–H groups in total. The van der Waals surface area contributed by atoms with Crippen molar-refractivity contribution in [2.75, 3.05) is 27.3 Å². The van der Waals surface area contributed by atoms with Gasteiger partial charge in [0.1, 0.15) is 0 Å². The molecule has 6 nitrogen and oxygen atoms in total. The number of aliphatic hydroxyl groups is 1. The highest BCUT2D eigenvalue weighted by molar-refractivity contribution is 5.80. The molecular weight excluding hydrogens is 294 g/mol. The topological polar surface area (TPSA) is 75.1 Å². The molecule has 0 radical (unpaired) electrons. The van der Waals surface area contributed by atoms with Crippen molar-refractivity contribution in [3.05, 3.63) is 23.8 Å². The largest absolute Gasteiger partial charge is 0.493 e. The number of hydrogen-bond donors (Lipinski definition) is 3. The van der Waals surface area contributed by atoms with Crippen LogP contribution in [0.4, 0.5) is 0 Å². The second-order valence-electron chi connectivity index (χ2n) is 5.81. The van der Waals surface area contributed by atoms with E-state index in [2.05, 4.69) is 22.5 Å². The van der Waals surface area contributed by atoms with Gasteiger partial charge in [0.25, 0.3) is 0 Å². The van der Waals surface area contributed by atoms with Crippen LogP contribution >= 0.6 is 0 Å². The normalized spacial score (nSPS) is 21.5. The minimum Gasteiger partial charge on any atom is -0.493 e. The highest BCUT2D eigenvalue weighted by atomic mass is 16.5. The summed E-state index contributed by atoms with van der Waals surface area (Å²) in [7, 11) is 3.17. The summed E-state index contributed by atoms with van der Waals surface area (Å²) >= 11 is 0. The van der Waals surface area contributed by atoms with Crippen LogP contribution in [0.5, 0.6) is 11.5 Å². The predicted octanol–water partition coefficient (Wildman–Crippen LogP) is 1.70. The predicted molar refractivity (Wildman–Crippen MR) is 91.2 cm³/mol. The zero-order chi connectivity index (χ0) is 16.8. The number of methoxy groups -OCH3 is 2. The molecule has 2 rings (SSSR count). The van der Waals surface area contributed by atoms with Gasteiger partial charge >= 0.3 is 0 Å². The van der Waals surface area contributed by atoms with E-state index >= 15 is 0 Å². The van der Waals surface area contributed by atoms with Gasteiger partial charge in [-0.15, -0.1) is 0 Å². The average Bonchev–Trinajstić information content (AvgIpc) is 3.26. The first kappa shape index (κ1) is 17.4. The van der Waals surface area contributed by atoms with E-state index < -0.39 is 6.10 Å². The van der Waals surface area contributed by atoms with E-state index in [9.17, 15) is 5.11 Å². The standard InChI is InChI=1S/C17H27N3O3/c1-5-18-17(20-13-8-11(13)2)19-10-14(21)12-6-7-15(22-3)16(9-12)23-4/h6-7,9,11,13-14,21H,5,8,10H2,1-4H3,(H2,18,19,20). The highest BCUT2D eigenvalue weighted by Gasteiger charge is 2.33. The third-order valence-electron chi connectivity index (χ3n) is 3.99. The third kappa shape index (κ3) is 4.76. The van der Waals surface area contributed by atoms with Crippen molar-refractivity contribution in [2.45, 2.75) is 32.4 Å².